The van der Waals surface area contributed by atoms with Gasteiger partial charge in [-0.05, 0) is 37.0 Å². The Morgan fingerprint density at radius 3 is 2.96 bits per heavy atom. The highest BCUT2D eigenvalue weighted by atomic mass is 32.2. The molecule has 6 nitrogen and oxygen atoms in total. The Labute approximate surface area is 150 Å². The third-order valence-electron chi connectivity index (χ3n) is 4.08. The summed E-state index contributed by atoms with van der Waals surface area (Å²) in [6, 6.07) is 7.57. The molecule has 1 aromatic heterocycles. The highest BCUT2D eigenvalue weighted by Crippen LogP contribution is 2.25. The van der Waals surface area contributed by atoms with E-state index >= 15 is 0 Å². The van der Waals surface area contributed by atoms with E-state index in [1.165, 1.54) is 0 Å². The molecule has 2 N–H and O–H groups in total. The molecule has 0 fully saturated rings. The van der Waals surface area contributed by atoms with Crippen LogP contribution in [0.15, 0.2) is 28.8 Å². The topological polar surface area (TPSA) is 92.4 Å². The van der Waals surface area contributed by atoms with Gasteiger partial charge < -0.3 is 14.9 Å². The molecule has 0 atom stereocenters. The van der Waals surface area contributed by atoms with Gasteiger partial charge in [0.05, 0.1) is 6.42 Å². The van der Waals surface area contributed by atoms with Crippen LogP contribution in [0.2, 0.25) is 0 Å². The molecule has 2 aromatic rings. The van der Waals surface area contributed by atoms with E-state index in [0.717, 1.165) is 42.6 Å². The predicted molar refractivity (Wildman–Crippen MR) is 96.0 cm³/mol. The number of benzene rings is 1. The first-order valence-electron chi connectivity index (χ1n) is 8.31. The van der Waals surface area contributed by atoms with Gasteiger partial charge in [0, 0.05) is 29.2 Å². The Morgan fingerprint density at radius 1 is 1.28 bits per heavy atom. The average Bonchev–Trinajstić information content (AvgIpc) is 3.03. The maximum atomic E-state index is 12.5. The second-order valence-corrected chi connectivity index (χ2v) is 7.10. The minimum atomic E-state index is -0.788. The summed E-state index contributed by atoms with van der Waals surface area (Å²) < 4.78 is 5.29. The Bertz CT molecular complexity index is 772. The summed E-state index contributed by atoms with van der Waals surface area (Å²) in [7, 11) is 0. The fourth-order valence-electron chi connectivity index (χ4n) is 2.84. The molecule has 0 bridgehead atoms. The van der Waals surface area contributed by atoms with E-state index in [0.29, 0.717) is 22.9 Å². The average molecular weight is 360 g/mol. The van der Waals surface area contributed by atoms with Gasteiger partial charge in [0.25, 0.3) is 5.91 Å². The fraction of sp³-hybridized carbons (Fsp3) is 0.389. The lowest BCUT2D eigenvalue weighted by Gasteiger charge is -2.10. The molecule has 1 aliphatic carbocycles. The molecule has 3 rings (SSSR count). The monoisotopic (exact) mass is 360 g/mol. The number of carbonyl (C=O) groups excluding carboxylic acids is 1. The Hall–Kier alpha value is -2.28. The van der Waals surface area contributed by atoms with Crippen LogP contribution in [-0.2, 0) is 23.4 Å². The van der Waals surface area contributed by atoms with Gasteiger partial charge in [0.15, 0.2) is 5.69 Å². The number of anilines is 1. The van der Waals surface area contributed by atoms with Crippen molar-refractivity contribution in [3.05, 3.63) is 46.8 Å². The van der Waals surface area contributed by atoms with Crippen molar-refractivity contribution >= 4 is 29.3 Å². The van der Waals surface area contributed by atoms with Crippen molar-refractivity contribution in [3.63, 3.8) is 0 Å². The third-order valence-corrected chi connectivity index (χ3v) is 5.11. The number of hydrogen-bond acceptors (Lipinski definition) is 5. The summed E-state index contributed by atoms with van der Waals surface area (Å²) in [5, 5.41) is 15.5. The Morgan fingerprint density at radius 2 is 2.12 bits per heavy atom. The van der Waals surface area contributed by atoms with Crippen LogP contribution in [0.3, 0.4) is 0 Å². The molecule has 0 saturated carbocycles. The van der Waals surface area contributed by atoms with Crippen LogP contribution >= 0.6 is 11.8 Å². The minimum Gasteiger partial charge on any atom is -0.481 e. The molecule has 0 spiro atoms. The van der Waals surface area contributed by atoms with Crippen LogP contribution < -0.4 is 5.32 Å². The molecule has 7 heteroatoms. The highest BCUT2D eigenvalue weighted by molar-refractivity contribution is 7.98. The number of thioether (sulfide) groups is 1. The van der Waals surface area contributed by atoms with E-state index in [1.54, 1.807) is 11.8 Å². The number of nitrogens with one attached hydrogen (secondary N) is 1. The van der Waals surface area contributed by atoms with Crippen molar-refractivity contribution in [2.24, 2.45) is 0 Å². The van der Waals surface area contributed by atoms with Crippen LogP contribution in [0.5, 0.6) is 0 Å². The van der Waals surface area contributed by atoms with Crippen molar-refractivity contribution in [2.45, 2.75) is 37.9 Å². The maximum absolute atomic E-state index is 12.5. The summed E-state index contributed by atoms with van der Waals surface area (Å²) in [6.07, 6.45) is 3.96. The van der Waals surface area contributed by atoms with Gasteiger partial charge >= 0.3 is 5.97 Å². The smallest absolute Gasteiger partial charge is 0.304 e. The quantitative estimate of drug-likeness (QED) is 0.734. The number of amides is 1. The standard InChI is InChI=1S/C18H20N2O4S/c21-16(22)8-9-25-11-12-4-3-5-13(10-12)19-18(23)17-14-6-1-2-7-15(14)24-20-17/h3-5,10H,1-2,6-9,11H2,(H,19,23)(H,21,22). The third kappa shape index (κ3) is 4.63. The van der Waals surface area contributed by atoms with Crippen molar-refractivity contribution in [3.8, 4) is 0 Å². The van der Waals surface area contributed by atoms with Gasteiger partial charge in [-0.25, -0.2) is 0 Å². The molecule has 25 heavy (non-hydrogen) atoms. The zero-order valence-corrected chi connectivity index (χ0v) is 14.6. The maximum Gasteiger partial charge on any atom is 0.304 e. The molecular weight excluding hydrogens is 340 g/mol. The molecule has 0 aliphatic heterocycles. The predicted octanol–water partition coefficient (Wildman–Crippen LogP) is 3.51. The van der Waals surface area contributed by atoms with Crippen molar-refractivity contribution in [1.29, 1.82) is 0 Å². The summed E-state index contributed by atoms with van der Waals surface area (Å²) in [4.78, 5) is 23.0. The number of aliphatic carboxylic acids is 1. The van der Waals surface area contributed by atoms with Gasteiger partial charge in [-0.2, -0.15) is 11.8 Å². The fourth-order valence-corrected chi connectivity index (χ4v) is 3.72. The first kappa shape index (κ1) is 17.5. The number of hydrogen-bond donors (Lipinski definition) is 2. The lowest BCUT2D eigenvalue weighted by molar-refractivity contribution is -0.136. The van der Waals surface area contributed by atoms with E-state index in [9.17, 15) is 9.59 Å². The molecule has 1 aliphatic rings. The molecule has 0 saturated heterocycles. The van der Waals surface area contributed by atoms with Gasteiger partial charge in [0.1, 0.15) is 5.76 Å². The van der Waals surface area contributed by atoms with Crippen LogP contribution in [0, 0.1) is 0 Å². The van der Waals surface area contributed by atoms with Crippen LogP contribution in [-0.4, -0.2) is 27.9 Å². The number of nitrogens with zero attached hydrogens (tertiary/aromatic N) is 1. The SMILES string of the molecule is O=C(O)CCSCc1cccc(NC(=O)c2noc3c2CCCC3)c1. The Balaban J connectivity index is 1.61. The van der Waals surface area contributed by atoms with E-state index < -0.39 is 5.97 Å². The first-order valence-corrected chi connectivity index (χ1v) is 9.46. The molecule has 1 heterocycles. The zero-order chi connectivity index (χ0) is 17.6. The van der Waals surface area contributed by atoms with Crippen LogP contribution in [0.25, 0.3) is 0 Å². The summed E-state index contributed by atoms with van der Waals surface area (Å²) in [5.74, 6) is 1.07. The minimum absolute atomic E-state index is 0.151. The molecular formula is C18H20N2O4S. The number of aryl methyl sites for hydroxylation is 1. The number of carbonyl (C=O) groups is 2. The molecule has 1 amide bonds. The number of fused-ring (bicyclic) bond motifs is 1. The highest BCUT2D eigenvalue weighted by Gasteiger charge is 2.23. The van der Waals surface area contributed by atoms with Crippen LogP contribution in [0.4, 0.5) is 5.69 Å². The lowest BCUT2D eigenvalue weighted by atomic mass is 9.96. The number of carboxylic acids is 1. The van der Waals surface area contributed by atoms with Gasteiger partial charge in [-0.15, -0.1) is 0 Å². The van der Waals surface area contributed by atoms with Gasteiger partial charge in [0.2, 0.25) is 0 Å². The lowest BCUT2D eigenvalue weighted by Crippen LogP contribution is -2.15. The van der Waals surface area contributed by atoms with E-state index in [-0.39, 0.29) is 12.3 Å². The zero-order valence-electron chi connectivity index (χ0n) is 13.8. The summed E-state index contributed by atoms with van der Waals surface area (Å²) in [5.41, 5.74) is 3.06. The molecule has 132 valence electrons. The summed E-state index contributed by atoms with van der Waals surface area (Å²) >= 11 is 1.56. The van der Waals surface area contributed by atoms with Gasteiger partial charge in [-0.1, -0.05) is 17.3 Å². The molecule has 0 unspecified atom stereocenters. The van der Waals surface area contributed by atoms with Crippen LogP contribution in [0.1, 0.15) is 46.6 Å². The second kappa shape index (κ2) is 8.20. The van der Waals surface area contributed by atoms with Gasteiger partial charge in [-0.3, -0.25) is 9.59 Å². The van der Waals surface area contributed by atoms with Crippen molar-refractivity contribution < 1.29 is 19.2 Å². The molecule has 0 radical (unpaired) electrons. The molecule has 1 aromatic carbocycles. The number of rotatable bonds is 7. The second-order valence-electron chi connectivity index (χ2n) is 5.99. The number of carboxylic acid groups (broad SMARTS) is 1. The van der Waals surface area contributed by atoms with Crippen molar-refractivity contribution in [1.82, 2.24) is 5.16 Å². The van der Waals surface area contributed by atoms with E-state index in [2.05, 4.69) is 10.5 Å². The largest absolute Gasteiger partial charge is 0.481 e. The van der Waals surface area contributed by atoms with E-state index in [1.807, 2.05) is 24.3 Å². The van der Waals surface area contributed by atoms with Crippen molar-refractivity contribution in [2.75, 3.05) is 11.1 Å². The first-order chi connectivity index (χ1) is 12.1. The number of aromatic nitrogens is 1. The summed E-state index contributed by atoms with van der Waals surface area (Å²) in [6.45, 7) is 0. The normalized spacial score (nSPS) is 13.3. The Kier molecular flexibility index (Phi) is 5.75. The van der Waals surface area contributed by atoms with E-state index in [4.69, 9.17) is 9.63 Å².